The lowest BCUT2D eigenvalue weighted by Gasteiger charge is -2.15. The Labute approximate surface area is 114 Å². The Morgan fingerprint density at radius 1 is 1.53 bits per heavy atom. The number of nitrogens with one attached hydrogen (secondary N) is 2. The minimum absolute atomic E-state index is 0.0234. The first-order valence-electron chi connectivity index (χ1n) is 6.41. The summed E-state index contributed by atoms with van der Waals surface area (Å²) in [4.78, 5) is 6.24. The molecule has 2 rings (SSSR count). The number of hydrogen-bond acceptors (Lipinski definition) is 5. The summed E-state index contributed by atoms with van der Waals surface area (Å²) in [6.45, 7) is 4.26. The number of pyridine rings is 1. The first-order chi connectivity index (χ1) is 9.03. The molecule has 0 bridgehead atoms. The van der Waals surface area contributed by atoms with Gasteiger partial charge in [-0.1, -0.05) is 0 Å². The maximum atomic E-state index is 12.4. The molecule has 0 saturated carbocycles. The number of nitrogens with zero attached hydrogens (tertiary/aromatic N) is 2. The lowest BCUT2D eigenvalue weighted by molar-refractivity contribution is 0.407. The monoisotopic (exact) mass is 284 g/mol. The number of aromatic nitrogens is 1. The third kappa shape index (κ3) is 3.43. The molecular weight excluding hydrogens is 264 g/mol. The topological polar surface area (TPSA) is 74.3 Å². The number of likely N-dealkylation sites (tertiary alicyclic amines) is 1. The van der Waals surface area contributed by atoms with Crippen molar-refractivity contribution in [3.05, 3.63) is 18.5 Å². The van der Waals surface area contributed by atoms with E-state index in [-0.39, 0.29) is 10.9 Å². The fraction of sp³-hybridized carbons (Fsp3) is 0.583. The van der Waals surface area contributed by atoms with E-state index in [0.717, 1.165) is 19.5 Å². The molecule has 1 atom stereocenters. The third-order valence-corrected chi connectivity index (χ3v) is 4.70. The van der Waals surface area contributed by atoms with E-state index in [1.165, 1.54) is 6.20 Å². The molecule has 7 heteroatoms. The van der Waals surface area contributed by atoms with Crippen molar-refractivity contribution in [3.63, 3.8) is 0 Å². The van der Waals surface area contributed by atoms with Gasteiger partial charge in [0.25, 0.3) is 0 Å². The Kier molecular flexibility index (Phi) is 4.38. The van der Waals surface area contributed by atoms with Crippen molar-refractivity contribution in [2.24, 2.45) is 0 Å². The summed E-state index contributed by atoms with van der Waals surface area (Å²) in [5, 5.41) is 3.05. The van der Waals surface area contributed by atoms with Gasteiger partial charge >= 0.3 is 0 Å². The normalized spacial score (nSPS) is 20.6. The summed E-state index contributed by atoms with van der Waals surface area (Å²) >= 11 is 0. The molecule has 106 valence electrons. The van der Waals surface area contributed by atoms with E-state index in [2.05, 4.69) is 19.9 Å². The Morgan fingerprint density at radius 2 is 2.32 bits per heavy atom. The van der Waals surface area contributed by atoms with Crippen LogP contribution >= 0.6 is 0 Å². The number of anilines is 1. The summed E-state index contributed by atoms with van der Waals surface area (Å²) in [5.41, 5.74) is 0.594. The van der Waals surface area contributed by atoms with Crippen LogP contribution in [0.2, 0.25) is 0 Å². The minimum atomic E-state index is -3.52. The van der Waals surface area contributed by atoms with Gasteiger partial charge in [-0.25, -0.2) is 13.1 Å². The maximum Gasteiger partial charge on any atom is 0.244 e. The average Bonchev–Trinajstić information content (AvgIpc) is 2.75. The molecule has 0 aromatic carbocycles. The van der Waals surface area contributed by atoms with Crippen LogP contribution in [0.5, 0.6) is 0 Å². The van der Waals surface area contributed by atoms with E-state index in [1.807, 2.05) is 14.0 Å². The van der Waals surface area contributed by atoms with Gasteiger partial charge < -0.3 is 10.2 Å². The molecule has 1 fully saturated rings. The van der Waals surface area contributed by atoms with Gasteiger partial charge in [0.1, 0.15) is 4.90 Å². The summed E-state index contributed by atoms with van der Waals surface area (Å²) in [5.74, 6) is 0. The van der Waals surface area contributed by atoms with Crippen molar-refractivity contribution in [2.75, 3.05) is 32.0 Å². The van der Waals surface area contributed by atoms with Crippen LogP contribution in [-0.4, -0.2) is 51.0 Å². The molecule has 0 radical (unpaired) electrons. The van der Waals surface area contributed by atoms with Gasteiger partial charge in [0.05, 0.1) is 5.69 Å². The highest BCUT2D eigenvalue weighted by Crippen LogP contribution is 2.20. The predicted octanol–water partition coefficient (Wildman–Crippen LogP) is 0.496. The molecule has 1 aliphatic rings. The van der Waals surface area contributed by atoms with Gasteiger partial charge in [-0.05, 0) is 33.0 Å². The number of sulfonamides is 1. The van der Waals surface area contributed by atoms with Crippen molar-refractivity contribution in [1.29, 1.82) is 0 Å². The molecule has 2 N–H and O–H groups in total. The molecule has 0 aliphatic carbocycles. The second-order valence-electron chi connectivity index (χ2n) is 4.77. The molecular formula is C12H20N4O2S. The quantitative estimate of drug-likeness (QED) is 0.823. The van der Waals surface area contributed by atoms with Gasteiger partial charge in [-0.3, -0.25) is 4.98 Å². The lowest BCUT2D eigenvalue weighted by atomic mass is 10.3. The van der Waals surface area contributed by atoms with Gasteiger partial charge in [0.2, 0.25) is 10.0 Å². The van der Waals surface area contributed by atoms with Gasteiger partial charge in [0, 0.05) is 31.5 Å². The van der Waals surface area contributed by atoms with Gasteiger partial charge in [0.15, 0.2) is 0 Å². The molecule has 1 aromatic rings. The molecule has 19 heavy (non-hydrogen) atoms. The fourth-order valence-corrected chi connectivity index (χ4v) is 3.63. The van der Waals surface area contributed by atoms with Crippen LogP contribution in [-0.2, 0) is 10.0 Å². The SMILES string of the molecule is CCNc1ccncc1S(=O)(=O)NC1CCN(C)C1. The van der Waals surface area contributed by atoms with E-state index < -0.39 is 10.0 Å². The molecule has 6 nitrogen and oxygen atoms in total. The van der Waals surface area contributed by atoms with Crippen molar-refractivity contribution in [3.8, 4) is 0 Å². The molecule has 2 heterocycles. The molecule has 0 amide bonds. The second-order valence-corrected chi connectivity index (χ2v) is 6.45. The Bertz CT molecular complexity index is 532. The highest BCUT2D eigenvalue weighted by molar-refractivity contribution is 7.89. The highest BCUT2D eigenvalue weighted by atomic mass is 32.2. The molecule has 1 aromatic heterocycles. The maximum absolute atomic E-state index is 12.4. The molecule has 1 aliphatic heterocycles. The van der Waals surface area contributed by atoms with Crippen LogP contribution in [0.15, 0.2) is 23.4 Å². The van der Waals surface area contributed by atoms with Crippen LogP contribution in [0.25, 0.3) is 0 Å². The van der Waals surface area contributed by atoms with E-state index in [4.69, 9.17) is 0 Å². The van der Waals surface area contributed by atoms with E-state index in [1.54, 1.807) is 12.3 Å². The first kappa shape index (κ1) is 14.2. The van der Waals surface area contributed by atoms with Crippen LogP contribution in [0.4, 0.5) is 5.69 Å². The van der Waals surface area contributed by atoms with E-state index in [0.29, 0.717) is 12.2 Å². The third-order valence-electron chi connectivity index (χ3n) is 3.15. The molecule has 1 unspecified atom stereocenters. The highest BCUT2D eigenvalue weighted by Gasteiger charge is 2.27. The van der Waals surface area contributed by atoms with Gasteiger partial charge in [-0.2, -0.15) is 0 Å². The fourth-order valence-electron chi connectivity index (χ4n) is 2.24. The average molecular weight is 284 g/mol. The second kappa shape index (κ2) is 5.85. The Balaban J connectivity index is 2.19. The Morgan fingerprint density at radius 3 is 2.95 bits per heavy atom. The van der Waals surface area contributed by atoms with Crippen molar-refractivity contribution in [2.45, 2.75) is 24.3 Å². The smallest absolute Gasteiger partial charge is 0.244 e. The Hall–Kier alpha value is -1.18. The van der Waals surface area contributed by atoms with Gasteiger partial charge in [-0.15, -0.1) is 0 Å². The first-order valence-corrected chi connectivity index (χ1v) is 7.90. The van der Waals surface area contributed by atoms with Crippen molar-refractivity contribution in [1.82, 2.24) is 14.6 Å². The number of rotatable bonds is 5. The van der Waals surface area contributed by atoms with Crippen LogP contribution < -0.4 is 10.0 Å². The standard InChI is InChI=1S/C12H20N4O2S/c1-3-14-11-4-6-13-8-12(11)19(17,18)15-10-5-7-16(2)9-10/h4,6,8,10,15H,3,5,7,9H2,1-2H3,(H,13,14). The summed E-state index contributed by atoms with van der Waals surface area (Å²) in [6.07, 6.45) is 3.81. The predicted molar refractivity (Wildman–Crippen MR) is 74.6 cm³/mol. The van der Waals surface area contributed by atoms with Crippen LogP contribution in [0, 0.1) is 0 Å². The minimum Gasteiger partial charge on any atom is -0.384 e. The van der Waals surface area contributed by atoms with Crippen LogP contribution in [0.3, 0.4) is 0 Å². The van der Waals surface area contributed by atoms with Crippen molar-refractivity contribution < 1.29 is 8.42 Å². The zero-order valence-electron chi connectivity index (χ0n) is 11.3. The summed E-state index contributed by atoms with van der Waals surface area (Å²) in [7, 11) is -1.53. The van der Waals surface area contributed by atoms with E-state index >= 15 is 0 Å². The zero-order chi connectivity index (χ0) is 13.9. The summed E-state index contributed by atoms with van der Waals surface area (Å²) in [6, 6.07) is 1.66. The summed E-state index contributed by atoms with van der Waals surface area (Å²) < 4.78 is 27.5. The molecule has 0 spiro atoms. The largest absolute Gasteiger partial charge is 0.384 e. The zero-order valence-corrected chi connectivity index (χ0v) is 12.1. The van der Waals surface area contributed by atoms with E-state index in [9.17, 15) is 8.42 Å². The number of hydrogen-bond donors (Lipinski definition) is 2. The lowest BCUT2D eigenvalue weighted by Crippen LogP contribution is -2.36. The number of likely N-dealkylation sites (N-methyl/N-ethyl adjacent to an activating group) is 1. The molecule has 1 saturated heterocycles. The van der Waals surface area contributed by atoms with Crippen molar-refractivity contribution >= 4 is 15.7 Å². The van der Waals surface area contributed by atoms with Crippen LogP contribution in [0.1, 0.15) is 13.3 Å².